The third kappa shape index (κ3) is 4.60. The van der Waals surface area contributed by atoms with E-state index < -0.39 is 11.6 Å². The smallest absolute Gasteiger partial charge is 0.363 e. The molecule has 0 saturated carbocycles. The lowest BCUT2D eigenvalue weighted by Gasteiger charge is -2.16. The van der Waals surface area contributed by atoms with Crippen molar-refractivity contribution in [2.24, 2.45) is 0 Å². The number of para-hydroxylation sites is 2. The van der Waals surface area contributed by atoms with Gasteiger partial charge in [-0.15, -0.1) is 0 Å². The number of fused-ring (bicyclic) bond motifs is 1. The van der Waals surface area contributed by atoms with Gasteiger partial charge in [0.15, 0.2) is 11.3 Å². The summed E-state index contributed by atoms with van der Waals surface area (Å²) in [6.45, 7) is 11.2. The van der Waals surface area contributed by atoms with Crippen LogP contribution in [-0.2, 0) is 4.79 Å². The Bertz CT molecular complexity index is 1530. The molecule has 0 aliphatic carbocycles. The molecule has 0 fully saturated rings. The summed E-state index contributed by atoms with van der Waals surface area (Å²) in [5.74, 6) is -0.914. The van der Waals surface area contributed by atoms with Crippen LogP contribution in [0.3, 0.4) is 0 Å². The fourth-order valence-corrected chi connectivity index (χ4v) is 4.56. The average molecular weight is 470 g/mol. The minimum atomic E-state index is -0.896. The summed E-state index contributed by atoms with van der Waals surface area (Å²) in [5, 5.41) is 11.5. The van der Waals surface area contributed by atoms with Crippen molar-refractivity contribution < 1.29 is 19.1 Å². The van der Waals surface area contributed by atoms with Crippen LogP contribution in [0.4, 0.5) is 0 Å². The standard InChI is InChI=1S/C29H27NO5/c1-15-11-17(3)23(18(4)12-15)26(31)24(25-29(33)34-22-10-8-7-9-21(22)30-25)28(32)35-27-19(5)13-16(2)14-20(27)6/h7-14,31H,1-6H3/b26-24-. The van der Waals surface area contributed by atoms with Gasteiger partial charge in [0.05, 0.1) is 0 Å². The number of carbonyl (C=O) groups excluding carboxylic acids is 1. The number of hydrogen-bond acceptors (Lipinski definition) is 6. The van der Waals surface area contributed by atoms with Gasteiger partial charge in [-0.2, -0.15) is 0 Å². The average Bonchev–Trinajstić information content (AvgIpc) is 2.76. The van der Waals surface area contributed by atoms with Crippen LogP contribution in [0.2, 0.25) is 0 Å². The monoisotopic (exact) mass is 469 g/mol. The third-order valence-corrected chi connectivity index (χ3v) is 5.88. The van der Waals surface area contributed by atoms with Crippen molar-refractivity contribution in [3.05, 3.63) is 104 Å². The zero-order valence-electron chi connectivity index (χ0n) is 20.6. The van der Waals surface area contributed by atoms with Gasteiger partial charge in [0.2, 0.25) is 0 Å². The molecule has 0 aliphatic rings. The number of ether oxygens (including phenoxy) is 1. The largest absolute Gasteiger partial charge is 0.506 e. The van der Waals surface area contributed by atoms with Gasteiger partial charge in [-0.25, -0.2) is 14.6 Å². The highest BCUT2D eigenvalue weighted by Crippen LogP contribution is 2.32. The molecule has 0 bridgehead atoms. The predicted molar refractivity (Wildman–Crippen MR) is 137 cm³/mol. The van der Waals surface area contributed by atoms with E-state index in [4.69, 9.17) is 9.15 Å². The molecule has 0 unspecified atom stereocenters. The van der Waals surface area contributed by atoms with Crippen LogP contribution >= 0.6 is 0 Å². The zero-order valence-corrected chi connectivity index (χ0v) is 20.6. The first-order valence-corrected chi connectivity index (χ1v) is 11.3. The second-order valence-electron chi connectivity index (χ2n) is 8.93. The van der Waals surface area contributed by atoms with Gasteiger partial charge in [0, 0.05) is 5.56 Å². The van der Waals surface area contributed by atoms with Gasteiger partial charge in [0.25, 0.3) is 0 Å². The minimum Gasteiger partial charge on any atom is -0.506 e. The molecule has 4 rings (SSSR count). The van der Waals surface area contributed by atoms with Crippen LogP contribution in [0.25, 0.3) is 22.4 Å². The van der Waals surface area contributed by atoms with Crippen LogP contribution in [0.1, 0.15) is 44.6 Å². The first-order chi connectivity index (χ1) is 16.6. The molecule has 3 aromatic carbocycles. The summed E-state index contributed by atoms with van der Waals surface area (Å²) >= 11 is 0. The van der Waals surface area contributed by atoms with Crippen molar-refractivity contribution in [2.75, 3.05) is 0 Å². The van der Waals surface area contributed by atoms with E-state index in [0.717, 1.165) is 33.4 Å². The first kappa shape index (κ1) is 24.0. The number of nitrogens with zero attached hydrogens (tertiary/aromatic N) is 1. The highest BCUT2D eigenvalue weighted by molar-refractivity contribution is 6.23. The maximum absolute atomic E-state index is 13.6. The third-order valence-electron chi connectivity index (χ3n) is 5.88. The van der Waals surface area contributed by atoms with Crippen molar-refractivity contribution in [3.8, 4) is 5.75 Å². The van der Waals surface area contributed by atoms with E-state index in [-0.39, 0.29) is 22.6 Å². The van der Waals surface area contributed by atoms with E-state index in [9.17, 15) is 14.7 Å². The molecule has 0 aliphatic heterocycles. The van der Waals surface area contributed by atoms with Gasteiger partial charge < -0.3 is 14.3 Å². The molecular formula is C29H27NO5. The molecule has 0 radical (unpaired) electrons. The molecule has 0 saturated heterocycles. The Morgan fingerprint density at radius 3 is 2.00 bits per heavy atom. The second-order valence-corrected chi connectivity index (χ2v) is 8.93. The zero-order chi connectivity index (χ0) is 25.4. The number of benzene rings is 3. The van der Waals surface area contributed by atoms with Crippen LogP contribution in [0, 0.1) is 41.5 Å². The van der Waals surface area contributed by atoms with E-state index >= 15 is 0 Å². The topological polar surface area (TPSA) is 89.6 Å². The summed E-state index contributed by atoms with van der Waals surface area (Å²) in [6.07, 6.45) is 0. The van der Waals surface area contributed by atoms with E-state index in [1.807, 2.05) is 65.8 Å². The highest BCUT2D eigenvalue weighted by atomic mass is 16.5. The molecule has 1 heterocycles. The van der Waals surface area contributed by atoms with Crippen LogP contribution in [0.15, 0.2) is 57.7 Å². The predicted octanol–water partition coefficient (Wildman–Crippen LogP) is 6.07. The summed E-state index contributed by atoms with van der Waals surface area (Å²) in [7, 11) is 0. The molecule has 0 amide bonds. The fraction of sp³-hybridized carbons (Fsp3) is 0.207. The Balaban J connectivity index is 1.99. The molecular weight excluding hydrogens is 442 g/mol. The molecule has 6 heteroatoms. The van der Waals surface area contributed by atoms with Crippen LogP contribution in [-0.4, -0.2) is 16.1 Å². The van der Waals surface area contributed by atoms with Gasteiger partial charge in [-0.1, -0.05) is 47.5 Å². The molecule has 1 N–H and O–H groups in total. The fourth-order valence-electron chi connectivity index (χ4n) is 4.56. The summed E-state index contributed by atoms with van der Waals surface area (Å²) in [4.78, 5) is 31.0. The number of aromatic nitrogens is 1. The van der Waals surface area contributed by atoms with Gasteiger partial charge in [0.1, 0.15) is 22.6 Å². The Morgan fingerprint density at radius 1 is 0.857 bits per heavy atom. The first-order valence-electron chi connectivity index (χ1n) is 11.3. The van der Waals surface area contributed by atoms with E-state index in [0.29, 0.717) is 16.8 Å². The number of aliphatic hydroxyl groups is 1. The SMILES string of the molecule is Cc1cc(C)c(OC(=O)/C(=C(\O)c2c(C)cc(C)cc2C)c2nc3ccccc3oc2=O)c(C)c1. The summed E-state index contributed by atoms with van der Waals surface area (Å²) < 4.78 is 11.2. The van der Waals surface area contributed by atoms with E-state index in [1.54, 1.807) is 24.3 Å². The van der Waals surface area contributed by atoms with Crippen molar-refractivity contribution in [2.45, 2.75) is 41.5 Å². The van der Waals surface area contributed by atoms with Gasteiger partial charge in [-0.3, -0.25) is 0 Å². The molecule has 0 atom stereocenters. The molecule has 6 nitrogen and oxygen atoms in total. The number of hydrogen-bond donors (Lipinski definition) is 1. The Morgan fingerprint density at radius 2 is 1.40 bits per heavy atom. The lowest BCUT2D eigenvalue weighted by molar-refractivity contribution is -0.128. The van der Waals surface area contributed by atoms with Crippen LogP contribution in [0.5, 0.6) is 5.75 Å². The summed E-state index contributed by atoms with van der Waals surface area (Å²) in [6, 6.07) is 14.3. The highest BCUT2D eigenvalue weighted by Gasteiger charge is 2.29. The summed E-state index contributed by atoms with van der Waals surface area (Å²) in [5.41, 5.74) is 4.64. The van der Waals surface area contributed by atoms with E-state index in [2.05, 4.69) is 4.98 Å². The Kier molecular flexibility index (Phi) is 6.31. The number of esters is 1. The second kappa shape index (κ2) is 9.22. The lowest BCUT2D eigenvalue weighted by atomic mass is 9.95. The quantitative estimate of drug-likeness (QED) is 0.169. The van der Waals surface area contributed by atoms with Gasteiger partial charge in [-0.05, 0) is 75.9 Å². The van der Waals surface area contributed by atoms with Crippen molar-refractivity contribution >= 4 is 28.4 Å². The normalized spacial score (nSPS) is 11.9. The van der Waals surface area contributed by atoms with Crippen LogP contribution < -0.4 is 10.4 Å². The van der Waals surface area contributed by atoms with E-state index in [1.165, 1.54) is 0 Å². The minimum absolute atomic E-state index is 0.279. The molecule has 178 valence electrons. The molecule has 0 spiro atoms. The molecule has 1 aromatic heterocycles. The Labute approximate surface area is 203 Å². The lowest BCUT2D eigenvalue weighted by Crippen LogP contribution is -2.21. The number of aryl methyl sites for hydroxylation is 6. The van der Waals surface area contributed by atoms with Crippen molar-refractivity contribution in [3.63, 3.8) is 0 Å². The maximum atomic E-state index is 13.6. The number of aliphatic hydroxyl groups excluding tert-OH is 1. The van der Waals surface area contributed by atoms with Crippen molar-refractivity contribution in [1.29, 1.82) is 0 Å². The molecule has 4 aromatic rings. The maximum Gasteiger partial charge on any atom is 0.363 e. The van der Waals surface area contributed by atoms with Crippen molar-refractivity contribution in [1.82, 2.24) is 4.98 Å². The Hall–Kier alpha value is -4.19. The number of carbonyl (C=O) groups is 1. The number of rotatable bonds is 4. The van der Waals surface area contributed by atoms with Gasteiger partial charge >= 0.3 is 11.6 Å². The molecule has 35 heavy (non-hydrogen) atoms.